The van der Waals surface area contributed by atoms with Crippen LogP contribution in [-0.4, -0.2) is 36.5 Å². The first-order valence-corrected chi connectivity index (χ1v) is 7.27. The molecule has 3 nitrogen and oxygen atoms in total. The third kappa shape index (κ3) is 4.57. The number of aliphatic hydroxyl groups excluding tert-OH is 1. The smallest absolute Gasteiger partial charge is 0.0897 e. The molecule has 2 fully saturated rings. The highest BCUT2D eigenvalue weighted by Gasteiger charge is 2.22. The second-order valence-corrected chi connectivity index (χ2v) is 5.92. The molecular weight excluding hydrogens is 214 g/mol. The van der Waals surface area contributed by atoms with E-state index in [1.165, 1.54) is 44.9 Å². The summed E-state index contributed by atoms with van der Waals surface area (Å²) in [6, 6.07) is 0.617. The summed E-state index contributed by atoms with van der Waals surface area (Å²) < 4.78 is 5.71. The number of hydrogen-bond acceptors (Lipinski definition) is 3. The zero-order valence-corrected chi connectivity index (χ0v) is 11.0. The van der Waals surface area contributed by atoms with Crippen LogP contribution in [0, 0.1) is 5.92 Å². The van der Waals surface area contributed by atoms with Crippen LogP contribution in [0.3, 0.4) is 0 Å². The van der Waals surface area contributed by atoms with Gasteiger partial charge in [-0.1, -0.05) is 19.8 Å². The van der Waals surface area contributed by atoms with E-state index < -0.39 is 0 Å². The van der Waals surface area contributed by atoms with Gasteiger partial charge in [-0.05, 0) is 38.0 Å². The van der Waals surface area contributed by atoms with Crippen LogP contribution in [0.5, 0.6) is 0 Å². The lowest BCUT2D eigenvalue weighted by atomic mass is 10.1. The molecule has 2 aliphatic carbocycles. The molecule has 17 heavy (non-hydrogen) atoms. The molecule has 3 heteroatoms. The Balaban J connectivity index is 1.52. The summed E-state index contributed by atoms with van der Waals surface area (Å²) in [5.74, 6) is 0.847. The van der Waals surface area contributed by atoms with Crippen LogP contribution in [0.2, 0.25) is 0 Å². The first kappa shape index (κ1) is 13.3. The molecule has 100 valence electrons. The van der Waals surface area contributed by atoms with Crippen molar-refractivity contribution >= 4 is 0 Å². The van der Waals surface area contributed by atoms with Crippen molar-refractivity contribution in [2.75, 3.05) is 13.2 Å². The zero-order valence-electron chi connectivity index (χ0n) is 11.0. The van der Waals surface area contributed by atoms with Gasteiger partial charge in [0.1, 0.15) is 0 Å². The van der Waals surface area contributed by atoms with Crippen molar-refractivity contribution < 1.29 is 9.84 Å². The molecule has 2 saturated carbocycles. The predicted octanol–water partition coefficient (Wildman–Crippen LogP) is 2.08. The SMILES string of the molecule is CC1CCC(NCC(O)COC2CCCC2)C1. The summed E-state index contributed by atoms with van der Waals surface area (Å²) in [5, 5.41) is 13.3. The van der Waals surface area contributed by atoms with Crippen LogP contribution in [0.15, 0.2) is 0 Å². The summed E-state index contributed by atoms with van der Waals surface area (Å²) in [7, 11) is 0. The standard InChI is InChI=1S/C14H27NO2/c1-11-6-7-12(8-11)15-9-13(16)10-17-14-4-2-3-5-14/h11-16H,2-10H2,1H3. The highest BCUT2D eigenvalue weighted by atomic mass is 16.5. The molecule has 0 aromatic rings. The molecule has 0 aliphatic heterocycles. The Bertz CT molecular complexity index is 216. The highest BCUT2D eigenvalue weighted by Crippen LogP contribution is 2.24. The van der Waals surface area contributed by atoms with Gasteiger partial charge >= 0.3 is 0 Å². The maximum Gasteiger partial charge on any atom is 0.0897 e. The second-order valence-electron chi connectivity index (χ2n) is 5.92. The Morgan fingerprint density at radius 3 is 2.65 bits per heavy atom. The van der Waals surface area contributed by atoms with Gasteiger partial charge in [-0.3, -0.25) is 0 Å². The molecule has 0 aromatic heterocycles. The van der Waals surface area contributed by atoms with E-state index in [9.17, 15) is 5.11 Å². The van der Waals surface area contributed by atoms with E-state index >= 15 is 0 Å². The highest BCUT2D eigenvalue weighted by molar-refractivity contribution is 4.79. The summed E-state index contributed by atoms with van der Waals surface area (Å²) >= 11 is 0. The van der Waals surface area contributed by atoms with Gasteiger partial charge in [0.25, 0.3) is 0 Å². The van der Waals surface area contributed by atoms with Crippen molar-refractivity contribution in [1.82, 2.24) is 5.32 Å². The predicted molar refractivity (Wildman–Crippen MR) is 69.0 cm³/mol. The van der Waals surface area contributed by atoms with Gasteiger partial charge in [-0.25, -0.2) is 0 Å². The minimum Gasteiger partial charge on any atom is -0.389 e. The molecule has 0 radical (unpaired) electrons. The third-order valence-electron chi connectivity index (χ3n) is 4.16. The molecule has 0 amide bonds. The van der Waals surface area contributed by atoms with Gasteiger partial charge < -0.3 is 15.2 Å². The summed E-state index contributed by atoms with van der Waals surface area (Å²) in [6.07, 6.45) is 8.86. The molecule has 0 spiro atoms. The van der Waals surface area contributed by atoms with Crippen molar-refractivity contribution in [3.63, 3.8) is 0 Å². The number of ether oxygens (including phenoxy) is 1. The first-order valence-electron chi connectivity index (χ1n) is 7.27. The normalized spacial score (nSPS) is 32.1. The van der Waals surface area contributed by atoms with Crippen molar-refractivity contribution in [2.24, 2.45) is 5.92 Å². The van der Waals surface area contributed by atoms with Crippen LogP contribution < -0.4 is 5.32 Å². The van der Waals surface area contributed by atoms with E-state index in [1.807, 2.05) is 0 Å². The fourth-order valence-corrected chi connectivity index (χ4v) is 3.06. The monoisotopic (exact) mass is 241 g/mol. The molecule has 3 atom stereocenters. The van der Waals surface area contributed by atoms with E-state index in [4.69, 9.17) is 4.74 Å². The molecule has 3 unspecified atom stereocenters. The Morgan fingerprint density at radius 1 is 1.24 bits per heavy atom. The summed E-state index contributed by atoms with van der Waals surface area (Å²) in [6.45, 7) is 3.49. The molecule has 0 saturated heterocycles. The van der Waals surface area contributed by atoms with Gasteiger partial charge in [0.2, 0.25) is 0 Å². The van der Waals surface area contributed by atoms with Crippen LogP contribution in [-0.2, 0) is 4.74 Å². The molecule has 0 bridgehead atoms. The van der Waals surface area contributed by atoms with Crippen LogP contribution in [0.25, 0.3) is 0 Å². The Kier molecular flexibility index (Phi) is 5.26. The minimum atomic E-state index is -0.341. The van der Waals surface area contributed by atoms with Crippen molar-refractivity contribution in [3.8, 4) is 0 Å². The van der Waals surface area contributed by atoms with Gasteiger partial charge in [0.15, 0.2) is 0 Å². The Morgan fingerprint density at radius 2 is 2.00 bits per heavy atom. The maximum atomic E-state index is 9.85. The van der Waals surface area contributed by atoms with E-state index in [0.717, 1.165) is 5.92 Å². The third-order valence-corrected chi connectivity index (χ3v) is 4.16. The largest absolute Gasteiger partial charge is 0.389 e. The fourth-order valence-electron chi connectivity index (χ4n) is 3.06. The van der Waals surface area contributed by atoms with Crippen LogP contribution in [0.4, 0.5) is 0 Å². The number of rotatable bonds is 6. The molecule has 2 rings (SSSR count). The van der Waals surface area contributed by atoms with Gasteiger partial charge in [-0.15, -0.1) is 0 Å². The average molecular weight is 241 g/mol. The number of aliphatic hydroxyl groups is 1. The van der Waals surface area contributed by atoms with Crippen molar-refractivity contribution in [2.45, 2.75) is 70.1 Å². The maximum absolute atomic E-state index is 9.85. The lowest BCUT2D eigenvalue weighted by Gasteiger charge is -2.18. The molecular formula is C14H27NO2. The minimum absolute atomic E-state index is 0.341. The number of hydrogen-bond donors (Lipinski definition) is 2. The van der Waals surface area contributed by atoms with Crippen molar-refractivity contribution in [3.05, 3.63) is 0 Å². The van der Waals surface area contributed by atoms with E-state index in [0.29, 0.717) is 25.3 Å². The molecule has 0 aromatic carbocycles. The quantitative estimate of drug-likeness (QED) is 0.748. The van der Waals surface area contributed by atoms with Gasteiger partial charge in [0, 0.05) is 12.6 Å². The number of nitrogens with one attached hydrogen (secondary N) is 1. The Labute approximate surface area is 105 Å². The lowest BCUT2D eigenvalue weighted by Crippen LogP contribution is -2.36. The summed E-state index contributed by atoms with van der Waals surface area (Å²) in [4.78, 5) is 0. The molecule has 0 heterocycles. The topological polar surface area (TPSA) is 41.5 Å². The van der Waals surface area contributed by atoms with Gasteiger partial charge in [0.05, 0.1) is 18.8 Å². The van der Waals surface area contributed by atoms with Gasteiger partial charge in [-0.2, -0.15) is 0 Å². The van der Waals surface area contributed by atoms with E-state index in [2.05, 4.69) is 12.2 Å². The molecule has 2 N–H and O–H groups in total. The first-order chi connectivity index (χ1) is 8.24. The lowest BCUT2D eigenvalue weighted by molar-refractivity contribution is -0.00619. The van der Waals surface area contributed by atoms with Crippen molar-refractivity contribution in [1.29, 1.82) is 0 Å². The fraction of sp³-hybridized carbons (Fsp3) is 1.00. The average Bonchev–Trinajstić information content (AvgIpc) is 2.95. The van der Waals surface area contributed by atoms with E-state index in [1.54, 1.807) is 0 Å². The van der Waals surface area contributed by atoms with Crippen LogP contribution in [0.1, 0.15) is 51.9 Å². The molecule has 2 aliphatic rings. The summed E-state index contributed by atoms with van der Waals surface area (Å²) in [5.41, 5.74) is 0. The zero-order chi connectivity index (χ0) is 12.1. The van der Waals surface area contributed by atoms with E-state index in [-0.39, 0.29) is 6.10 Å². The van der Waals surface area contributed by atoms with Crippen LogP contribution >= 0.6 is 0 Å². The second kappa shape index (κ2) is 6.72. The Hall–Kier alpha value is -0.120.